The summed E-state index contributed by atoms with van der Waals surface area (Å²) in [6.07, 6.45) is 9.45. The number of methoxy groups -OCH3 is 1. The summed E-state index contributed by atoms with van der Waals surface area (Å²) in [5, 5.41) is 0. The average Bonchev–Trinajstić information content (AvgIpc) is 2.49. The van der Waals surface area contributed by atoms with E-state index in [4.69, 9.17) is 4.74 Å². The Balaban J connectivity index is 1.80. The molecule has 0 aliphatic heterocycles. The molecular formula is C18H25FO. The molecule has 2 heteroatoms. The lowest BCUT2D eigenvalue weighted by Crippen LogP contribution is -2.13. The van der Waals surface area contributed by atoms with Gasteiger partial charge in [0.05, 0.1) is 12.9 Å². The Kier molecular flexibility index (Phi) is 6.25. The number of ether oxygens (including phenoxy) is 1. The lowest BCUT2D eigenvalue weighted by Gasteiger charge is -2.28. The van der Waals surface area contributed by atoms with Gasteiger partial charge in [-0.3, -0.25) is 0 Å². The van der Waals surface area contributed by atoms with Gasteiger partial charge in [-0.1, -0.05) is 30.3 Å². The zero-order valence-electron chi connectivity index (χ0n) is 12.4. The first-order valence-electron chi connectivity index (χ1n) is 7.66. The van der Waals surface area contributed by atoms with Gasteiger partial charge in [0.1, 0.15) is 0 Å². The fourth-order valence-corrected chi connectivity index (χ4v) is 3.23. The summed E-state index contributed by atoms with van der Waals surface area (Å²) in [4.78, 5) is 0. The second kappa shape index (κ2) is 8.21. The second-order valence-corrected chi connectivity index (χ2v) is 5.83. The summed E-state index contributed by atoms with van der Waals surface area (Å²) in [5.41, 5.74) is 2.70. The third-order valence-electron chi connectivity index (χ3n) is 4.44. The molecule has 0 heterocycles. The Morgan fingerprint density at radius 1 is 1.15 bits per heavy atom. The summed E-state index contributed by atoms with van der Waals surface area (Å²) in [5.74, 6) is 1.50. The van der Waals surface area contributed by atoms with Gasteiger partial charge in [0.15, 0.2) is 0 Å². The van der Waals surface area contributed by atoms with Crippen molar-refractivity contribution in [3.05, 3.63) is 47.8 Å². The molecule has 1 saturated carbocycles. The fraction of sp³-hybridized carbons (Fsp3) is 0.556. The van der Waals surface area contributed by atoms with E-state index in [1.165, 1.54) is 36.8 Å². The van der Waals surface area contributed by atoms with E-state index in [0.717, 1.165) is 18.8 Å². The number of benzene rings is 1. The number of halogens is 1. The molecule has 2 rings (SSSR count). The van der Waals surface area contributed by atoms with Gasteiger partial charge in [0.25, 0.3) is 0 Å². The van der Waals surface area contributed by atoms with Crippen LogP contribution in [-0.4, -0.2) is 7.11 Å². The van der Waals surface area contributed by atoms with Crippen LogP contribution in [0.2, 0.25) is 0 Å². The smallest absolute Gasteiger partial charge is 0.0827 e. The maximum Gasteiger partial charge on any atom is 0.0827 e. The molecule has 0 amide bonds. The van der Waals surface area contributed by atoms with Crippen LogP contribution in [0.3, 0.4) is 0 Å². The van der Waals surface area contributed by atoms with Crippen molar-refractivity contribution >= 4 is 0 Å². The van der Waals surface area contributed by atoms with E-state index in [1.54, 1.807) is 13.2 Å². The second-order valence-electron chi connectivity index (χ2n) is 5.83. The maximum atomic E-state index is 11.9. The first-order chi connectivity index (χ1) is 9.83. The normalized spacial score (nSPS) is 23.3. The topological polar surface area (TPSA) is 9.23 Å². The quantitative estimate of drug-likeness (QED) is 0.678. The van der Waals surface area contributed by atoms with Crippen LogP contribution in [0.1, 0.15) is 55.6 Å². The van der Waals surface area contributed by atoms with Crippen LogP contribution in [-0.2, 0) is 11.3 Å². The van der Waals surface area contributed by atoms with E-state index >= 15 is 0 Å². The lowest BCUT2D eigenvalue weighted by molar-refractivity contribution is 0.185. The fourth-order valence-electron chi connectivity index (χ4n) is 3.23. The Hall–Kier alpha value is -1.15. The molecule has 1 aliphatic carbocycles. The third-order valence-corrected chi connectivity index (χ3v) is 4.44. The Morgan fingerprint density at radius 2 is 1.85 bits per heavy atom. The molecule has 1 aromatic carbocycles. The molecule has 0 saturated heterocycles. The van der Waals surface area contributed by atoms with Crippen molar-refractivity contribution in [3.63, 3.8) is 0 Å². The molecule has 0 atom stereocenters. The van der Waals surface area contributed by atoms with Gasteiger partial charge < -0.3 is 4.74 Å². The van der Waals surface area contributed by atoms with Gasteiger partial charge in [0, 0.05) is 7.11 Å². The molecule has 0 N–H and O–H groups in total. The highest BCUT2D eigenvalue weighted by atomic mass is 19.1. The van der Waals surface area contributed by atoms with E-state index in [1.807, 2.05) is 0 Å². The van der Waals surface area contributed by atoms with E-state index in [0.29, 0.717) is 18.9 Å². The Morgan fingerprint density at radius 3 is 2.45 bits per heavy atom. The predicted octanol–water partition coefficient (Wildman–Crippen LogP) is 5.37. The molecule has 0 radical (unpaired) electrons. The first-order valence-corrected chi connectivity index (χ1v) is 7.66. The summed E-state index contributed by atoms with van der Waals surface area (Å²) in [6.45, 7) is 0.690. The van der Waals surface area contributed by atoms with Crippen molar-refractivity contribution in [2.24, 2.45) is 5.92 Å². The lowest BCUT2D eigenvalue weighted by atomic mass is 9.77. The third kappa shape index (κ3) is 4.45. The van der Waals surface area contributed by atoms with E-state index < -0.39 is 0 Å². The number of hydrogen-bond acceptors (Lipinski definition) is 1. The summed E-state index contributed by atoms with van der Waals surface area (Å²) in [6, 6.07) is 8.87. The van der Waals surface area contributed by atoms with Crippen LogP contribution >= 0.6 is 0 Å². The Bertz CT molecular complexity index is 402. The monoisotopic (exact) mass is 276 g/mol. The van der Waals surface area contributed by atoms with E-state index in [2.05, 4.69) is 24.3 Å². The number of rotatable bonds is 6. The molecule has 0 bridgehead atoms. The Labute approximate surface area is 121 Å². The van der Waals surface area contributed by atoms with Crippen molar-refractivity contribution in [3.8, 4) is 0 Å². The highest BCUT2D eigenvalue weighted by molar-refractivity contribution is 5.25. The number of hydrogen-bond donors (Lipinski definition) is 0. The van der Waals surface area contributed by atoms with Crippen LogP contribution in [0.4, 0.5) is 4.39 Å². The minimum absolute atomic E-state index is 0.674. The van der Waals surface area contributed by atoms with Crippen molar-refractivity contribution < 1.29 is 9.13 Å². The molecule has 1 aromatic rings. The standard InChI is InChI=1S/C18H25FO/c1-20-14-16-7-11-18(12-8-16)17-9-5-15(6-10-17)4-2-3-13-19/h3,7-8,11-13,15,17H,2,4-6,9-10,14H2,1H3. The average molecular weight is 276 g/mol. The summed E-state index contributed by atoms with van der Waals surface area (Å²) >= 11 is 0. The molecule has 20 heavy (non-hydrogen) atoms. The minimum atomic E-state index is 0.674. The van der Waals surface area contributed by atoms with Crippen LogP contribution < -0.4 is 0 Å². The predicted molar refractivity (Wildman–Crippen MR) is 81.3 cm³/mol. The molecule has 110 valence electrons. The van der Waals surface area contributed by atoms with E-state index in [-0.39, 0.29) is 0 Å². The summed E-state index contributed by atoms with van der Waals surface area (Å²) < 4.78 is 17.1. The number of allylic oxidation sites excluding steroid dienone is 1. The van der Waals surface area contributed by atoms with Crippen LogP contribution in [0.25, 0.3) is 0 Å². The zero-order chi connectivity index (χ0) is 14.2. The minimum Gasteiger partial charge on any atom is -0.380 e. The van der Waals surface area contributed by atoms with Crippen molar-refractivity contribution in [1.82, 2.24) is 0 Å². The largest absolute Gasteiger partial charge is 0.380 e. The summed E-state index contributed by atoms with van der Waals surface area (Å²) in [7, 11) is 1.73. The highest BCUT2D eigenvalue weighted by Crippen LogP contribution is 2.37. The molecule has 0 unspecified atom stereocenters. The van der Waals surface area contributed by atoms with Crippen LogP contribution in [0.15, 0.2) is 36.7 Å². The van der Waals surface area contributed by atoms with Crippen molar-refractivity contribution in [2.75, 3.05) is 7.11 Å². The van der Waals surface area contributed by atoms with Crippen LogP contribution in [0.5, 0.6) is 0 Å². The van der Waals surface area contributed by atoms with Crippen molar-refractivity contribution in [2.45, 2.75) is 51.0 Å². The first kappa shape index (κ1) is 15.2. The van der Waals surface area contributed by atoms with Gasteiger partial charge in [-0.05, 0) is 61.5 Å². The van der Waals surface area contributed by atoms with Gasteiger partial charge in [-0.15, -0.1) is 0 Å². The van der Waals surface area contributed by atoms with Gasteiger partial charge >= 0.3 is 0 Å². The van der Waals surface area contributed by atoms with Crippen molar-refractivity contribution in [1.29, 1.82) is 0 Å². The molecular weight excluding hydrogens is 251 g/mol. The van der Waals surface area contributed by atoms with Crippen LogP contribution in [0, 0.1) is 5.92 Å². The molecule has 0 spiro atoms. The maximum absolute atomic E-state index is 11.9. The van der Waals surface area contributed by atoms with Gasteiger partial charge in [0.2, 0.25) is 0 Å². The molecule has 1 nitrogen and oxygen atoms in total. The molecule has 1 aliphatic rings. The van der Waals surface area contributed by atoms with Gasteiger partial charge in [-0.2, -0.15) is 0 Å². The SMILES string of the molecule is COCc1ccc(C2CCC(CCC=CF)CC2)cc1. The zero-order valence-corrected chi connectivity index (χ0v) is 12.4. The molecule has 0 aromatic heterocycles. The van der Waals surface area contributed by atoms with E-state index in [9.17, 15) is 4.39 Å². The molecule has 1 fully saturated rings. The highest BCUT2D eigenvalue weighted by Gasteiger charge is 2.21. The van der Waals surface area contributed by atoms with Gasteiger partial charge in [-0.25, -0.2) is 4.39 Å².